The van der Waals surface area contributed by atoms with Crippen LogP contribution in [0.2, 0.25) is 0 Å². The molecule has 0 radical (unpaired) electrons. The van der Waals surface area contributed by atoms with Gasteiger partial charge in [-0.2, -0.15) is 10.2 Å². The van der Waals surface area contributed by atoms with Gasteiger partial charge in [-0.25, -0.2) is 0 Å². The predicted molar refractivity (Wildman–Crippen MR) is 136 cm³/mol. The quantitative estimate of drug-likeness (QED) is 0.213. The van der Waals surface area contributed by atoms with Gasteiger partial charge in [-0.3, -0.25) is 15.8 Å². The maximum absolute atomic E-state index is 5.31. The summed E-state index contributed by atoms with van der Waals surface area (Å²) < 4.78 is 0. The van der Waals surface area contributed by atoms with E-state index in [1.54, 1.807) is 0 Å². The molecule has 172 valence electrons. The first-order valence-corrected chi connectivity index (χ1v) is 11.8. The molecule has 1 rings (SSSR count). The Morgan fingerprint density at radius 3 is 2.00 bits per heavy atom. The van der Waals surface area contributed by atoms with Gasteiger partial charge in [-0.1, -0.05) is 20.3 Å². The number of hydrazone groups is 2. The van der Waals surface area contributed by atoms with E-state index in [1.807, 2.05) is 13.8 Å². The lowest BCUT2D eigenvalue weighted by molar-refractivity contribution is 0.232. The summed E-state index contributed by atoms with van der Waals surface area (Å²) in [5, 5.41) is 16.0. The normalized spacial score (nSPS) is 16.9. The first kappa shape index (κ1) is 26.7. The van der Waals surface area contributed by atoms with Crippen molar-refractivity contribution in [3.63, 3.8) is 0 Å². The average Bonchev–Trinajstić information content (AvgIpc) is 2.75. The van der Waals surface area contributed by atoms with E-state index in [1.165, 1.54) is 32.4 Å². The third kappa shape index (κ3) is 11.1. The van der Waals surface area contributed by atoms with Crippen LogP contribution in [-0.4, -0.2) is 83.3 Å². The molecule has 0 amide bonds. The van der Waals surface area contributed by atoms with E-state index < -0.39 is 0 Å². The minimum Gasteiger partial charge on any atom is -0.360 e. The zero-order valence-electron chi connectivity index (χ0n) is 19.3. The Morgan fingerprint density at radius 1 is 0.933 bits per heavy atom. The molecule has 0 aromatic rings. The molecule has 10 heteroatoms. The molecule has 1 aliphatic rings. The van der Waals surface area contributed by atoms with Gasteiger partial charge >= 0.3 is 0 Å². The van der Waals surface area contributed by atoms with Crippen molar-refractivity contribution in [2.45, 2.75) is 59.9 Å². The smallest absolute Gasteiger partial charge is 0.187 e. The summed E-state index contributed by atoms with van der Waals surface area (Å²) in [5.41, 5.74) is 7.23. The maximum atomic E-state index is 5.31. The van der Waals surface area contributed by atoms with E-state index in [2.05, 4.69) is 62.3 Å². The lowest BCUT2D eigenvalue weighted by Crippen LogP contribution is -2.44. The monoisotopic (exact) mass is 456 g/mol. The second-order valence-corrected chi connectivity index (χ2v) is 8.37. The van der Waals surface area contributed by atoms with Gasteiger partial charge in [0.1, 0.15) is 0 Å². The summed E-state index contributed by atoms with van der Waals surface area (Å²) in [4.78, 5) is 4.84. The molecule has 0 bridgehead atoms. The van der Waals surface area contributed by atoms with Crippen LogP contribution in [0.4, 0.5) is 0 Å². The van der Waals surface area contributed by atoms with Crippen LogP contribution in [-0.2, 0) is 0 Å². The molecule has 8 nitrogen and oxygen atoms in total. The van der Waals surface area contributed by atoms with Crippen LogP contribution < -0.4 is 21.5 Å². The van der Waals surface area contributed by atoms with E-state index in [0.717, 1.165) is 44.1 Å². The lowest BCUT2D eigenvalue weighted by Gasteiger charge is -2.26. The molecule has 1 unspecified atom stereocenters. The molecule has 30 heavy (non-hydrogen) atoms. The molecule has 1 fully saturated rings. The van der Waals surface area contributed by atoms with Crippen molar-refractivity contribution in [3.8, 4) is 0 Å². The molecule has 0 aliphatic carbocycles. The zero-order valence-corrected chi connectivity index (χ0v) is 20.9. The van der Waals surface area contributed by atoms with E-state index in [9.17, 15) is 0 Å². The van der Waals surface area contributed by atoms with Crippen LogP contribution in [0, 0.1) is 0 Å². The second-order valence-electron chi connectivity index (χ2n) is 7.56. The van der Waals surface area contributed by atoms with Crippen molar-refractivity contribution >= 4 is 46.1 Å². The van der Waals surface area contributed by atoms with E-state index in [0.29, 0.717) is 16.3 Å². The molecule has 0 aromatic heterocycles. The fourth-order valence-electron chi connectivity index (χ4n) is 3.24. The Balaban J connectivity index is 2.29. The van der Waals surface area contributed by atoms with Crippen molar-refractivity contribution in [1.82, 2.24) is 31.3 Å². The Kier molecular flexibility index (Phi) is 13.7. The Hall–Kier alpha value is -1.36. The minimum absolute atomic E-state index is 0.403. The van der Waals surface area contributed by atoms with Gasteiger partial charge < -0.3 is 15.5 Å². The summed E-state index contributed by atoms with van der Waals surface area (Å²) in [7, 11) is 0. The molecule has 4 N–H and O–H groups in total. The molecule has 1 heterocycles. The van der Waals surface area contributed by atoms with E-state index >= 15 is 0 Å². The van der Waals surface area contributed by atoms with Gasteiger partial charge in [0.05, 0.1) is 11.4 Å². The maximum Gasteiger partial charge on any atom is 0.187 e. The number of rotatable bonds is 11. The Morgan fingerprint density at radius 2 is 1.47 bits per heavy atom. The van der Waals surface area contributed by atoms with Gasteiger partial charge in [0.2, 0.25) is 0 Å². The number of piperidine rings is 1. The number of hydrogen-bond acceptors (Lipinski definition) is 6. The van der Waals surface area contributed by atoms with Gasteiger partial charge in [-0.15, -0.1) is 0 Å². The molecule has 1 aliphatic heterocycles. The average molecular weight is 457 g/mol. The summed E-state index contributed by atoms with van der Waals surface area (Å²) in [5.74, 6) is 0. The standard InChI is InChI=1S/C20H40N8S2/c1-6-28(7-2)16(3)15-22-20(30)26-24-18(5)17(4)23-25-19(29)21-11-14-27-12-9-8-10-13-27/h16H,6-15H2,1-5H3,(H2,21,25,29)(H2,22,26,30)/b23-17-,24-18-. The second kappa shape index (κ2) is 15.4. The van der Waals surface area contributed by atoms with E-state index in [-0.39, 0.29) is 0 Å². The third-order valence-electron chi connectivity index (χ3n) is 5.33. The van der Waals surface area contributed by atoms with Crippen LogP contribution in [0.1, 0.15) is 53.9 Å². The van der Waals surface area contributed by atoms with Crippen molar-refractivity contribution in [2.75, 3.05) is 45.8 Å². The molecule has 0 saturated carbocycles. The van der Waals surface area contributed by atoms with Crippen LogP contribution >= 0.6 is 24.4 Å². The van der Waals surface area contributed by atoms with Crippen molar-refractivity contribution < 1.29 is 0 Å². The molecular weight excluding hydrogens is 416 g/mol. The first-order chi connectivity index (χ1) is 14.4. The summed E-state index contributed by atoms with van der Waals surface area (Å²) in [6, 6.07) is 0.403. The van der Waals surface area contributed by atoms with Gasteiger partial charge in [-0.05, 0) is 84.2 Å². The molecule has 1 saturated heterocycles. The largest absolute Gasteiger partial charge is 0.360 e. The number of nitrogens with zero attached hydrogens (tertiary/aromatic N) is 4. The van der Waals surface area contributed by atoms with Crippen molar-refractivity contribution in [3.05, 3.63) is 0 Å². The fraction of sp³-hybridized carbons (Fsp3) is 0.800. The van der Waals surface area contributed by atoms with Crippen LogP contribution in [0.3, 0.4) is 0 Å². The Bertz CT molecular complexity index is 583. The molecule has 1 atom stereocenters. The van der Waals surface area contributed by atoms with Crippen molar-refractivity contribution in [1.29, 1.82) is 0 Å². The highest BCUT2D eigenvalue weighted by molar-refractivity contribution is 7.80. The Labute approximate surface area is 193 Å². The first-order valence-electron chi connectivity index (χ1n) is 11.0. The highest BCUT2D eigenvalue weighted by atomic mass is 32.1. The van der Waals surface area contributed by atoms with Crippen LogP contribution in [0.25, 0.3) is 0 Å². The van der Waals surface area contributed by atoms with Gasteiger partial charge in [0.15, 0.2) is 10.2 Å². The minimum atomic E-state index is 0.403. The van der Waals surface area contributed by atoms with Gasteiger partial charge in [0.25, 0.3) is 0 Å². The zero-order chi connectivity index (χ0) is 22.4. The summed E-state index contributed by atoms with van der Waals surface area (Å²) in [6.07, 6.45) is 3.95. The number of likely N-dealkylation sites (N-methyl/N-ethyl adjacent to an activating group) is 1. The highest BCUT2D eigenvalue weighted by Gasteiger charge is 2.10. The topological polar surface area (TPSA) is 79.3 Å². The fourth-order valence-corrected chi connectivity index (χ4v) is 3.51. The van der Waals surface area contributed by atoms with E-state index in [4.69, 9.17) is 24.4 Å². The number of thiocarbonyl (C=S) groups is 2. The number of hydrogen-bond donors (Lipinski definition) is 4. The predicted octanol–water partition coefficient (Wildman–Crippen LogP) is 1.88. The third-order valence-corrected chi connectivity index (χ3v) is 5.80. The van der Waals surface area contributed by atoms with Crippen LogP contribution in [0.15, 0.2) is 10.2 Å². The highest BCUT2D eigenvalue weighted by Crippen LogP contribution is 2.07. The summed E-state index contributed by atoms with van der Waals surface area (Å²) >= 11 is 10.6. The molecular formula is C20H40N8S2. The van der Waals surface area contributed by atoms with Gasteiger partial charge in [0, 0.05) is 25.7 Å². The van der Waals surface area contributed by atoms with Crippen LogP contribution in [0.5, 0.6) is 0 Å². The lowest BCUT2D eigenvalue weighted by atomic mass is 10.1. The number of nitrogens with one attached hydrogen (secondary N) is 4. The number of likely N-dealkylation sites (tertiary alicyclic amines) is 1. The molecule has 0 aromatic carbocycles. The molecule has 0 spiro atoms. The summed E-state index contributed by atoms with van der Waals surface area (Å²) in [6.45, 7) is 17.3. The SMILES string of the molecule is CCN(CC)C(C)CNC(=S)N/N=C(C)\C(C)=N/NC(=S)NCCN1CCCCC1. The van der Waals surface area contributed by atoms with Crippen molar-refractivity contribution in [2.24, 2.45) is 10.2 Å².